The number of hydrogen-bond acceptors (Lipinski definition) is 6. The minimum Gasteiger partial charge on any atom is -0.373 e. The summed E-state index contributed by atoms with van der Waals surface area (Å²) in [7, 11) is -2.55. The van der Waals surface area contributed by atoms with Gasteiger partial charge in [-0.15, -0.1) is 0 Å². The maximum absolute atomic E-state index is 5.98. The molecule has 6 nitrogen and oxygen atoms in total. The average Bonchev–Trinajstić information content (AvgIpc) is 2.58. The molecule has 0 aromatic rings. The van der Waals surface area contributed by atoms with Crippen molar-refractivity contribution in [3.05, 3.63) is 0 Å². The van der Waals surface area contributed by atoms with Gasteiger partial charge < -0.3 is 18.2 Å². The van der Waals surface area contributed by atoms with Crippen molar-refractivity contribution < 1.29 is 13.3 Å². The summed E-state index contributed by atoms with van der Waals surface area (Å²) in [5.74, 6) is 0. The quantitative estimate of drug-likeness (QED) is 0.463. The van der Waals surface area contributed by atoms with Gasteiger partial charge in [0.2, 0.25) is 0 Å². The molecule has 0 aromatic carbocycles. The highest BCUT2D eigenvalue weighted by atomic mass is 28.4. The van der Waals surface area contributed by atoms with Crippen LogP contribution in [0.15, 0.2) is 0 Å². The second-order valence-electron chi connectivity index (χ2n) is 6.13. The third-order valence-electron chi connectivity index (χ3n) is 4.60. The topological polar surface area (TPSA) is 37.4 Å². The van der Waals surface area contributed by atoms with Crippen LogP contribution >= 0.6 is 0 Å². The lowest BCUT2D eigenvalue weighted by Gasteiger charge is -2.39. The monoisotopic (exact) mass is 361 g/mol. The standard InChI is InChI=1S/C17H39N3O3Si/c1-6-18(7-2)11-12-19-13-15-20(16-14-19)17-24(21-8-3,22-9-4)23-10-5/h6-17H2,1-5H3. The Kier molecular flexibility index (Phi) is 11.3. The number of likely N-dealkylation sites (N-methyl/N-ethyl adjacent to an activating group) is 1. The molecule has 0 amide bonds. The molecule has 0 aromatic heterocycles. The lowest BCUT2D eigenvalue weighted by Crippen LogP contribution is -2.59. The molecule has 1 saturated heterocycles. The number of nitrogens with zero attached hydrogens (tertiary/aromatic N) is 3. The maximum atomic E-state index is 5.98. The van der Waals surface area contributed by atoms with Crippen molar-refractivity contribution in [1.82, 2.24) is 14.7 Å². The van der Waals surface area contributed by atoms with Crippen LogP contribution in [-0.4, -0.2) is 102 Å². The molecular formula is C17H39N3O3Si. The summed E-state index contributed by atoms with van der Waals surface area (Å²) in [6, 6.07) is 0. The Morgan fingerprint density at radius 2 is 1.21 bits per heavy atom. The van der Waals surface area contributed by atoms with Crippen LogP contribution < -0.4 is 0 Å². The predicted molar refractivity (Wildman–Crippen MR) is 101 cm³/mol. The van der Waals surface area contributed by atoms with Gasteiger partial charge in [-0.3, -0.25) is 9.80 Å². The van der Waals surface area contributed by atoms with E-state index in [2.05, 4.69) is 28.5 Å². The molecule has 1 fully saturated rings. The van der Waals surface area contributed by atoms with Crippen LogP contribution in [0.1, 0.15) is 34.6 Å². The second kappa shape index (κ2) is 12.3. The van der Waals surface area contributed by atoms with E-state index < -0.39 is 8.80 Å². The fraction of sp³-hybridized carbons (Fsp3) is 1.00. The van der Waals surface area contributed by atoms with Crippen LogP contribution in [0.3, 0.4) is 0 Å². The summed E-state index contributed by atoms with van der Waals surface area (Å²) >= 11 is 0. The van der Waals surface area contributed by atoms with Crippen LogP contribution in [0.4, 0.5) is 0 Å². The SMILES string of the molecule is CCO[Si](CN1CCN(CCN(CC)CC)CC1)(OCC)OCC. The van der Waals surface area contributed by atoms with Gasteiger partial charge in [0.15, 0.2) is 0 Å². The van der Waals surface area contributed by atoms with E-state index in [-0.39, 0.29) is 0 Å². The molecule has 1 aliphatic rings. The first-order chi connectivity index (χ1) is 11.6. The zero-order valence-electron chi connectivity index (χ0n) is 16.6. The van der Waals surface area contributed by atoms with Gasteiger partial charge in [-0.2, -0.15) is 0 Å². The highest BCUT2D eigenvalue weighted by Crippen LogP contribution is 2.14. The van der Waals surface area contributed by atoms with Crippen LogP contribution in [0, 0.1) is 0 Å². The van der Waals surface area contributed by atoms with Crippen LogP contribution in [-0.2, 0) is 13.3 Å². The predicted octanol–water partition coefficient (Wildman–Crippen LogP) is 1.53. The number of rotatable bonds is 13. The molecule has 0 radical (unpaired) electrons. The van der Waals surface area contributed by atoms with Gasteiger partial charge >= 0.3 is 8.80 Å². The Hall–Kier alpha value is -0.0231. The van der Waals surface area contributed by atoms with Gasteiger partial charge in [0, 0.05) is 59.1 Å². The Balaban J connectivity index is 2.44. The molecule has 0 saturated carbocycles. The first-order valence-electron chi connectivity index (χ1n) is 9.71. The molecule has 1 rings (SSSR count). The minimum absolute atomic E-state index is 0.649. The molecule has 0 N–H and O–H groups in total. The van der Waals surface area contributed by atoms with Gasteiger partial charge in [-0.25, -0.2) is 0 Å². The van der Waals surface area contributed by atoms with E-state index in [9.17, 15) is 0 Å². The molecule has 0 spiro atoms. The molecule has 7 heteroatoms. The van der Waals surface area contributed by atoms with E-state index in [1.165, 1.54) is 13.1 Å². The summed E-state index contributed by atoms with van der Waals surface area (Å²) in [6.07, 6.45) is 0.812. The van der Waals surface area contributed by atoms with Crippen molar-refractivity contribution in [3.8, 4) is 0 Å². The largest absolute Gasteiger partial charge is 0.515 e. The molecule has 0 bridgehead atoms. The summed E-state index contributed by atoms with van der Waals surface area (Å²) in [4.78, 5) is 7.52. The zero-order chi connectivity index (χ0) is 17.8. The fourth-order valence-corrected chi connectivity index (χ4v) is 5.90. The first kappa shape index (κ1) is 22.0. The number of piperazine rings is 1. The second-order valence-corrected chi connectivity index (χ2v) is 8.68. The molecule has 1 heterocycles. The Bertz CT molecular complexity index is 294. The van der Waals surface area contributed by atoms with Crippen molar-refractivity contribution in [2.75, 3.05) is 78.3 Å². The molecule has 24 heavy (non-hydrogen) atoms. The van der Waals surface area contributed by atoms with Gasteiger partial charge in [0.1, 0.15) is 0 Å². The normalized spacial score (nSPS) is 17.8. The minimum atomic E-state index is -2.55. The molecule has 144 valence electrons. The van der Waals surface area contributed by atoms with E-state index in [1.807, 2.05) is 20.8 Å². The van der Waals surface area contributed by atoms with E-state index in [0.717, 1.165) is 45.4 Å². The van der Waals surface area contributed by atoms with Crippen molar-refractivity contribution in [2.45, 2.75) is 34.6 Å². The lowest BCUT2D eigenvalue weighted by atomic mass is 10.3. The Morgan fingerprint density at radius 3 is 1.62 bits per heavy atom. The zero-order valence-corrected chi connectivity index (χ0v) is 17.6. The van der Waals surface area contributed by atoms with Crippen LogP contribution in [0.5, 0.6) is 0 Å². The highest BCUT2D eigenvalue weighted by Gasteiger charge is 2.42. The van der Waals surface area contributed by atoms with Gasteiger partial charge in [0.05, 0.1) is 6.17 Å². The summed E-state index contributed by atoms with van der Waals surface area (Å²) in [5.41, 5.74) is 0. The molecular weight excluding hydrogens is 322 g/mol. The van der Waals surface area contributed by atoms with Crippen molar-refractivity contribution in [1.29, 1.82) is 0 Å². The van der Waals surface area contributed by atoms with Crippen LogP contribution in [0.25, 0.3) is 0 Å². The Labute approximate surface area is 150 Å². The van der Waals surface area contributed by atoms with Gasteiger partial charge in [-0.05, 0) is 33.9 Å². The maximum Gasteiger partial charge on any atom is 0.515 e. The van der Waals surface area contributed by atoms with Gasteiger partial charge in [0.25, 0.3) is 0 Å². The molecule has 0 unspecified atom stereocenters. The van der Waals surface area contributed by atoms with Crippen molar-refractivity contribution in [3.63, 3.8) is 0 Å². The third kappa shape index (κ3) is 7.47. The average molecular weight is 362 g/mol. The van der Waals surface area contributed by atoms with E-state index >= 15 is 0 Å². The fourth-order valence-electron chi connectivity index (χ4n) is 3.19. The van der Waals surface area contributed by atoms with E-state index in [1.54, 1.807) is 0 Å². The summed E-state index contributed by atoms with van der Waals surface area (Å²) < 4.78 is 17.9. The molecule has 1 aliphatic heterocycles. The molecule has 0 atom stereocenters. The van der Waals surface area contributed by atoms with Gasteiger partial charge in [-0.1, -0.05) is 13.8 Å². The Morgan fingerprint density at radius 1 is 0.750 bits per heavy atom. The van der Waals surface area contributed by atoms with Crippen molar-refractivity contribution >= 4 is 8.80 Å². The van der Waals surface area contributed by atoms with E-state index in [0.29, 0.717) is 19.8 Å². The molecule has 0 aliphatic carbocycles. The smallest absolute Gasteiger partial charge is 0.373 e. The van der Waals surface area contributed by atoms with E-state index in [4.69, 9.17) is 13.3 Å². The third-order valence-corrected chi connectivity index (χ3v) is 7.62. The van der Waals surface area contributed by atoms with Crippen molar-refractivity contribution in [2.24, 2.45) is 0 Å². The summed E-state index contributed by atoms with van der Waals surface area (Å²) in [6.45, 7) is 21.5. The van der Waals surface area contributed by atoms with Crippen LogP contribution in [0.2, 0.25) is 0 Å². The highest BCUT2D eigenvalue weighted by molar-refractivity contribution is 6.60. The summed E-state index contributed by atoms with van der Waals surface area (Å²) in [5, 5.41) is 0. The first-order valence-corrected chi connectivity index (χ1v) is 11.6. The lowest BCUT2D eigenvalue weighted by molar-refractivity contribution is 0.0464. The number of hydrogen-bond donors (Lipinski definition) is 0.